The topological polar surface area (TPSA) is 168 Å². The summed E-state index contributed by atoms with van der Waals surface area (Å²) in [4.78, 5) is 59.8. The van der Waals surface area contributed by atoms with Gasteiger partial charge in [0.05, 0.1) is 25.3 Å². The Bertz CT molecular complexity index is 734. The molecule has 1 saturated heterocycles. The van der Waals surface area contributed by atoms with Gasteiger partial charge in [0, 0.05) is 5.92 Å². The zero-order valence-electron chi connectivity index (χ0n) is 19.1. The fraction of sp³-hybridized carbons (Fsp3) is 0.762. The lowest BCUT2D eigenvalue weighted by atomic mass is 9.74. The molecule has 2 amide bonds. The molecular weight excluding hydrogens is 435 g/mol. The van der Waals surface area contributed by atoms with Gasteiger partial charge in [0.25, 0.3) is 0 Å². The number of carbonyl (C=O) groups excluding carboxylic acids is 3. The molecule has 0 spiro atoms. The zero-order chi connectivity index (χ0) is 24.6. The van der Waals surface area contributed by atoms with Crippen molar-refractivity contribution in [3.63, 3.8) is 0 Å². The molecule has 0 aromatic rings. The third-order valence-corrected chi connectivity index (χ3v) is 5.86. The monoisotopic (exact) mass is 468 g/mol. The first-order valence-electron chi connectivity index (χ1n) is 11.4. The largest absolute Gasteiger partial charge is 0.552 e. The van der Waals surface area contributed by atoms with Crippen LogP contribution >= 0.6 is 0 Å². The summed E-state index contributed by atoms with van der Waals surface area (Å²) in [5.41, 5.74) is -2.17. The molecule has 1 aliphatic heterocycles. The highest BCUT2D eigenvalue weighted by molar-refractivity contribution is 6.51. The minimum atomic E-state index is -2.17. The Morgan fingerprint density at radius 1 is 1.06 bits per heavy atom. The average Bonchev–Trinajstić information content (AvgIpc) is 2.87. The van der Waals surface area contributed by atoms with Crippen LogP contribution in [0.3, 0.4) is 0 Å². The molecule has 11 nitrogen and oxygen atoms in total. The smallest absolute Gasteiger partial charge is 0.506 e. The number of nitrogens with one attached hydrogen (secondary N) is 2. The van der Waals surface area contributed by atoms with Gasteiger partial charge in [0.2, 0.25) is 11.8 Å². The molecule has 33 heavy (non-hydrogen) atoms. The van der Waals surface area contributed by atoms with E-state index in [1.807, 2.05) is 13.8 Å². The highest BCUT2D eigenvalue weighted by atomic mass is 16.7. The molecule has 1 atom stereocenters. The molecule has 1 heterocycles. The summed E-state index contributed by atoms with van der Waals surface area (Å²) in [6, 6.07) is 0. The first-order valence-corrected chi connectivity index (χ1v) is 11.4. The maximum absolute atomic E-state index is 12.5. The van der Waals surface area contributed by atoms with Gasteiger partial charge in [-0.05, 0) is 25.2 Å². The Morgan fingerprint density at radius 3 is 2.15 bits per heavy atom. The average molecular weight is 468 g/mol. The van der Waals surface area contributed by atoms with Crippen molar-refractivity contribution in [2.24, 2.45) is 11.8 Å². The number of carboxylic acids is 2. The Kier molecular flexibility index (Phi) is 9.69. The van der Waals surface area contributed by atoms with Gasteiger partial charge in [-0.15, -0.1) is 0 Å². The van der Waals surface area contributed by atoms with E-state index in [4.69, 9.17) is 19.5 Å². The molecule has 184 valence electrons. The van der Waals surface area contributed by atoms with Gasteiger partial charge in [-0.2, -0.15) is 0 Å². The summed E-state index contributed by atoms with van der Waals surface area (Å²) in [6.45, 7) is 3.47. The van der Waals surface area contributed by atoms with Gasteiger partial charge in [0.15, 0.2) is 5.60 Å². The quantitative estimate of drug-likeness (QED) is 0.254. The fourth-order valence-corrected chi connectivity index (χ4v) is 4.31. The zero-order valence-corrected chi connectivity index (χ0v) is 19.1. The third-order valence-electron chi connectivity index (χ3n) is 5.86. The van der Waals surface area contributed by atoms with Crippen LogP contribution in [-0.2, 0) is 33.3 Å². The van der Waals surface area contributed by atoms with Gasteiger partial charge >= 0.3 is 25.0 Å². The van der Waals surface area contributed by atoms with Crippen LogP contribution in [0.25, 0.3) is 0 Å². The standard InChI is InChI=1S/C21H33BN2O9/c1-13(2)9-15(22-32-20(31)21(33-22,10-17(26)27)11-18(28)29)24-16(25)12-23-19(30)14-7-5-3-4-6-8-14/h13-15H,3-12H2,1-2H3,(H,23,30)(H,24,25)(H,26,27)(H,28,29)/t15-/m0/s1. The molecule has 12 heteroatoms. The molecular formula is C21H33BN2O9. The highest BCUT2D eigenvalue weighted by Crippen LogP contribution is 2.32. The molecule has 1 aliphatic carbocycles. The summed E-state index contributed by atoms with van der Waals surface area (Å²) < 4.78 is 10.7. The van der Waals surface area contributed by atoms with E-state index in [1.165, 1.54) is 0 Å². The Hall–Kier alpha value is -2.63. The van der Waals surface area contributed by atoms with Crippen molar-refractivity contribution in [1.82, 2.24) is 10.6 Å². The van der Waals surface area contributed by atoms with E-state index in [2.05, 4.69) is 10.6 Å². The number of rotatable bonds is 11. The second-order valence-corrected chi connectivity index (χ2v) is 9.24. The van der Waals surface area contributed by atoms with Crippen molar-refractivity contribution >= 4 is 36.8 Å². The van der Waals surface area contributed by atoms with Crippen molar-refractivity contribution in [1.29, 1.82) is 0 Å². The first kappa shape index (κ1) is 26.6. The van der Waals surface area contributed by atoms with E-state index < -0.39 is 55.3 Å². The SMILES string of the molecule is CC(C)C[C@H](NC(=O)CNC(=O)C1CCCCCC1)B1OC(=O)C(CC(=O)O)(CC(=O)O)O1. The number of carboxylic acid groups (broad SMARTS) is 2. The maximum Gasteiger partial charge on any atom is 0.552 e. The van der Waals surface area contributed by atoms with Crippen LogP contribution in [0.15, 0.2) is 0 Å². The Morgan fingerprint density at radius 2 is 1.64 bits per heavy atom. The van der Waals surface area contributed by atoms with Gasteiger partial charge in [-0.1, -0.05) is 39.5 Å². The van der Waals surface area contributed by atoms with Crippen LogP contribution in [0.2, 0.25) is 0 Å². The van der Waals surface area contributed by atoms with Gasteiger partial charge < -0.3 is 30.2 Å². The van der Waals surface area contributed by atoms with E-state index in [1.54, 1.807) is 0 Å². The molecule has 0 aromatic carbocycles. The van der Waals surface area contributed by atoms with E-state index >= 15 is 0 Å². The molecule has 2 aliphatic rings. The molecule has 0 bridgehead atoms. The molecule has 0 unspecified atom stereocenters. The van der Waals surface area contributed by atoms with Crippen molar-refractivity contribution in [3.05, 3.63) is 0 Å². The third kappa shape index (κ3) is 8.02. The summed E-state index contributed by atoms with van der Waals surface area (Å²) in [5.74, 6) is -5.54. The van der Waals surface area contributed by atoms with Crippen LogP contribution in [0.4, 0.5) is 0 Å². The fourth-order valence-electron chi connectivity index (χ4n) is 4.31. The molecule has 1 saturated carbocycles. The van der Waals surface area contributed by atoms with Crippen molar-refractivity contribution < 1.29 is 43.5 Å². The van der Waals surface area contributed by atoms with E-state index in [0.717, 1.165) is 38.5 Å². The van der Waals surface area contributed by atoms with E-state index in [9.17, 15) is 24.0 Å². The second-order valence-electron chi connectivity index (χ2n) is 9.24. The number of hydrogen-bond acceptors (Lipinski definition) is 7. The van der Waals surface area contributed by atoms with Crippen molar-refractivity contribution in [2.45, 2.75) is 83.2 Å². The molecule has 0 radical (unpaired) electrons. The van der Waals surface area contributed by atoms with Crippen LogP contribution in [0.1, 0.15) is 71.6 Å². The lowest BCUT2D eigenvalue weighted by Gasteiger charge is -2.24. The minimum absolute atomic E-state index is 0.0344. The first-order chi connectivity index (χ1) is 15.5. The summed E-state index contributed by atoms with van der Waals surface area (Å²) >= 11 is 0. The maximum atomic E-state index is 12.5. The van der Waals surface area contributed by atoms with E-state index in [0.29, 0.717) is 6.42 Å². The van der Waals surface area contributed by atoms with Gasteiger partial charge in [-0.3, -0.25) is 24.0 Å². The molecule has 4 N–H and O–H groups in total. The van der Waals surface area contributed by atoms with Crippen LogP contribution in [0.5, 0.6) is 0 Å². The van der Waals surface area contributed by atoms with Crippen LogP contribution in [0, 0.1) is 11.8 Å². The summed E-state index contributed by atoms with van der Waals surface area (Å²) in [6.07, 6.45) is 4.33. The molecule has 2 rings (SSSR count). The molecule has 2 fully saturated rings. The van der Waals surface area contributed by atoms with Crippen LogP contribution < -0.4 is 10.6 Å². The predicted molar refractivity (Wildman–Crippen MR) is 116 cm³/mol. The molecule has 0 aromatic heterocycles. The van der Waals surface area contributed by atoms with Crippen molar-refractivity contribution in [2.75, 3.05) is 6.54 Å². The number of amides is 2. The lowest BCUT2D eigenvalue weighted by molar-refractivity contribution is -0.157. The van der Waals surface area contributed by atoms with Crippen LogP contribution in [-0.4, -0.2) is 65.1 Å². The predicted octanol–water partition coefficient (Wildman–Crippen LogP) is 0.893. The summed E-state index contributed by atoms with van der Waals surface area (Å²) in [7, 11) is -1.35. The van der Waals surface area contributed by atoms with E-state index in [-0.39, 0.29) is 24.3 Å². The van der Waals surface area contributed by atoms with Gasteiger partial charge in [0.1, 0.15) is 0 Å². The Labute approximate surface area is 193 Å². The lowest BCUT2D eigenvalue weighted by Crippen LogP contribution is -2.52. The summed E-state index contributed by atoms with van der Waals surface area (Å²) in [5, 5.41) is 23.6. The number of aliphatic carboxylic acids is 2. The number of carbonyl (C=O) groups is 5. The Balaban J connectivity index is 2.02. The normalized spacial score (nSPS) is 19.5. The van der Waals surface area contributed by atoms with Crippen molar-refractivity contribution in [3.8, 4) is 0 Å². The second kappa shape index (κ2) is 12.0. The highest BCUT2D eigenvalue weighted by Gasteiger charge is 2.57. The van der Waals surface area contributed by atoms with Gasteiger partial charge in [-0.25, -0.2) is 0 Å². The minimum Gasteiger partial charge on any atom is -0.506 e. The number of hydrogen-bond donors (Lipinski definition) is 4.